The Morgan fingerprint density at radius 1 is 1.57 bits per heavy atom. The standard InChI is InChI=1S/C9H21N3O2/c1-3-14-5-4-12(2)8(7-10)6-9(11)13/h8H,3-7,10H2,1-2H3,(H2,11,13). The number of primary amides is 1. The topological polar surface area (TPSA) is 81.6 Å². The highest BCUT2D eigenvalue weighted by atomic mass is 16.5. The van der Waals surface area contributed by atoms with Crippen molar-refractivity contribution < 1.29 is 9.53 Å². The molecule has 0 spiro atoms. The third-order valence-corrected chi connectivity index (χ3v) is 2.12. The second-order valence-electron chi connectivity index (χ2n) is 3.24. The third-order valence-electron chi connectivity index (χ3n) is 2.12. The minimum atomic E-state index is -0.316. The lowest BCUT2D eigenvalue weighted by molar-refractivity contribution is -0.119. The van der Waals surface area contributed by atoms with Gasteiger partial charge >= 0.3 is 0 Å². The molecule has 0 aromatic carbocycles. The van der Waals surface area contributed by atoms with Crippen LogP contribution in [0.3, 0.4) is 0 Å². The van der Waals surface area contributed by atoms with Gasteiger partial charge in [0, 0.05) is 32.2 Å². The van der Waals surface area contributed by atoms with Crippen LogP contribution in [0.25, 0.3) is 0 Å². The van der Waals surface area contributed by atoms with Crippen LogP contribution in [-0.2, 0) is 9.53 Å². The Morgan fingerprint density at radius 3 is 2.64 bits per heavy atom. The van der Waals surface area contributed by atoms with E-state index >= 15 is 0 Å². The van der Waals surface area contributed by atoms with Crippen LogP contribution >= 0.6 is 0 Å². The lowest BCUT2D eigenvalue weighted by Crippen LogP contribution is -2.42. The molecule has 0 heterocycles. The van der Waals surface area contributed by atoms with Crippen molar-refractivity contribution in [2.75, 3.05) is 33.4 Å². The van der Waals surface area contributed by atoms with Crippen molar-refractivity contribution in [3.8, 4) is 0 Å². The minimum absolute atomic E-state index is 0.0213. The van der Waals surface area contributed by atoms with Gasteiger partial charge in [-0.25, -0.2) is 0 Å². The van der Waals surface area contributed by atoms with Crippen molar-refractivity contribution in [2.45, 2.75) is 19.4 Å². The average molecular weight is 203 g/mol. The van der Waals surface area contributed by atoms with Gasteiger partial charge in [-0.1, -0.05) is 0 Å². The molecule has 0 aliphatic carbocycles. The number of amides is 1. The van der Waals surface area contributed by atoms with Gasteiger partial charge in [-0.15, -0.1) is 0 Å². The first-order valence-electron chi connectivity index (χ1n) is 4.88. The molecule has 0 saturated carbocycles. The van der Waals surface area contributed by atoms with Crippen LogP contribution in [0.5, 0.6) is 0 Å². The lowest BCUT2D eigenvalue weighted by atomic mass is 10.2. The average Bonchev–Trinajstić information content (AvgIpc) is 2.14. The smallest absolute Gasteiger partial charge is 0.219 e. The SMILES string of the molecule is CCOCCN(C)C(CN)CC(N)=O. The number of nitrogens with two attached hydrogens (primary N) is 2. The van der Waals surface area contributed by atoms with E-state index in [-0.39, 0.29) is 11.9 Å². The summed E-state index contributed by atoms with van der Waals surface area (Å²) in [6.07, 6.45) is 0.305. The first-order chi connectivity index (χ1) is 6.61. The fourth-order valence-electron chi connectivity index (χ4n) is 1.19. The molecular weight excluding hydrogens is 182 g/mol. The third kappa shape index (κ3) is 5.90. The summed E-state index contributed by atoms with van der Waals surface area (Å²) < 4.78 is 5.21. The van der Waals surface area contributed by atoms with Crippen molar-refractivity contribution in [3.05, 3.63) is 0 Å². The highest BCUT2D eigenvalue weighted by Gasteiger charge is 2.14. The van der Waals surface area contributed by atoms with Gasteiger partial charge in [0.05, 0.1) is 6.61 Å². The van der Waals surface area contributed by atoms with Gasteiger partial charge in [-0.2, -0.15) is 0 Å². The number of ether oxygens (including phenoxy) is 1. The van der Waals surface area contributed by atoms with Crippen LogP contribution in [0.1, 0.15) is 13.3 Å². The number of hydrogen-bond donors (Lipinski definition) is 2. The first-order valence-corrected chi connectivity index (χ1v) is 4.88. The molecule has 0 aromatic heterocycles. The minimum Gasteiger partial charge on any atom is -0.380 e. The fourth-order valence-corrected chi connectivity index (χ4v) is 1.19. The number of likely N-dealkylation sites (N-methyl/N-ethyl adjacent to an activating group) is 1. The molecule has 0 bridgehead atoms. The Labute approximate surface area is 85.4 Å². The van der Waals surface area contributed by atoms with E-state index in [4.69, 9.17) is 16.2 Å². The molecule has 0 rings (SSSR count). The molecule has 5 heteroatoms. The first kappa shape index (κ1) is 13.4. The number of rotatable bonds is 8. The molecule has 4 N–H and O–H groups in total. The number of carbonyl (C=O) groups excluding carboxylic acids is 1. The Kier molecular flexibility index (Phi) is 7.37. The fraction of sp³-hybridized carbons (Fsp3) is 0.889. The van der Waals surface area contributed by atoms with Crippen molar-refractivity contribution >= 4 is 5.91 Å². The molecule has 0 aliphatic rings. The summed E-state index contributed by atoms with van der Waals surface area (Å²) >= 11 is 0. The maximum atomic E-state index is 10.7. The summed E-state index contributed by atoms with van der Waals surface area (Å²) in [6, 6.07) is 0.0213. The molecular formula is C9H21N3O2. The number of nitrogens with zero attached hydrogens (tertiary/aromatic N) is 1. The van der Waals surface area contributed by atoms with Crippen molar-refractivity contribution in [2.24, 2.45) is 11.5 Å². The second kappa shape index (κ2) is 7.73. The Balaban J connectivity index is 3.78. The van der Waals surface area contributed by atoms with Gasteiger partial charge in [-0.05, 0) is 14.0 Å². The van der Waals surface area contributed by atoms with Crippen LogP contribution in [0, 0.1) is 0 Å². The van der Waals surface area contributed by atoms with Gasteiger partial charge in [0.15, 0.2) is 0 Å². The van der Waals surface area contributed by atoms with E-state index in [0.717, 1.165) is 6.54 Å². The lowest BCUT2D eigenvalue weighted by Gasteiger charge is -2.25. The van der Waals surface area contributed by atoms with Gasteiger partial charge in [0.25, 0.3) is 0 Å². The van der Waals surface area contributed by atoms with E-state index < -0.39 is 0 Å². The van der Waals surface area contributed by atoms with Crippen LogP contribution < -0.4 is 11.5 Å². The summed E-state index contributed by atoms with van der Waals surface area (Å²) in [4.78, 5) is 12.7. The monoisotopic (exact) mass is 203 g/mol. The molecule has 0 aromatic rings. The zero-order chi connectivity index (χ0) is 11.0. The van der Waals surface area contributed by atoms with Gasteiger partial charge in [-0.3, -0.25) is 9.69 Å². The molecule has 0 radical (unpaired) electrons. The van der Waals surface area contributed by atoms with Crippen LogP contribution in [0.2, 0.25) is 0 Å². The van der Waals surface area contributed by atoms with Gasteiger partial charge < -0.3 is 16.2 Å². The van der Waals surface area contributed by atoms with E-state index in [0.29, 0.717) is 26.2 Å². The van der Waals surface area contributed by atoms with Crippen molar-refractivity contribution in [1.82, 2.24) is 4.90 Å². The Hall–Kier alpha value is -0.650. The second-order valence-corrected chi connectivity index (χ2v) is 3.24. The summed E-state index contributed by atoms with van der Waals surface area (Å²) in [5.74, 6) is -0.316. The van der Waals surface area contributed by atoms with E-state index in [2.05, 4.69) is 0 Å². The van der Waals surface area contributed by atoms with E-state index in [1.807, 2.05) is 18.9 Å². The van der Waals surface area contributed by atoms with Gasteiger partial charge in [0.2, 0.25) is 5.91 Å². The normalized spacial score (nSPS) is 13.1. The highest BCUT2D eigenvalue weighted by Crippen LogP contribution is 1.99. The van der Waals surface area contributed by atoms with Crippen LogP contribution in [0.4, 0.5) is 0 Å². The van der Waals surface area contributed by atoms with E-state index in [1.165, 1.54) is 0 Å². The number of hydrogen-bond acceptors (Lipinski definition) is 4. The zero-order valence-corrected chi connectivity index (χ0v) is 9.03. The Bertz CT molecular complexity index is 164. The zero-order valence-electron chi connectivity index (χ0n) is 9.03. The molecule has 1 atom stereocenters. The van der Waals surface area contributed by atoms with Crippen LogP contribution in [0.15, 0.2) is 0 Å². The molecule has 1 amide bonds. The highest BCUT2D eigenvalue weighted by molar-refractivity contribution is 5.74. The predicted molar refractivity (Wildman–Crippen MR) is 55.8 cm³/mol. The summed E-state index contributed by atoms with van der Waals surface area (Å²) in [5.41, 5.74) is 10.6. The maximum Gasteiger partial charge on any atom is 0.219 e. The predicted octanol–water partition coefficient (Wildman–Crippen LogP) is -0.843. The molecule has 84 valence electrons. The van der Waals surface area contributed by atoms with Crippen molar-refractivity contribution in [3.63, 3.8) is 0 Å². The quantitative estimate of drug-likeness (QED) is 0.504. The molecule has 0 fully saturated rings. The molecule has 14 heavy (non-hydrogen) atoms. The van der Waals surface area contributed by atoms with Crippen LogP contribution in [-0.4, -0.2) is 50.2 Å². The van der Waals surface area contributed by atoms with Gasteiger partial charge in [0.1, 0.15) is 0 Å². The maximum absolute atomic E-state index is 10.7. The summed E-state index contributed by atoms with van der Waals surface area (Å²) in [6.45, 7) is 4.51. The molecule has 5 nitrogen and oxygen atoms in total. The largest absolute Gasteiger partial charge is 0.380 e. The Morgan fingerprint density at radius 2 is 2.21 bits per heavy atom. The summed E-state index contributed by atoms with van der Waals surface area (Å²) in [7, 11) is 1.92. The summed E-state index contributed by atoms with van der Waals surface area (Å²) in [5, 5.41) is 0. The molecule has 0 aliphatic heterocycles. The van der Waals surface area contributed by atoms with E-state index in [1.54, 1.807) is 0 Å². The molecule has 1 unspecified atom stereocenters. The van der Waals surface area contributed by atoms with E-state index in [9.17, 15) is 4.79 Å². The molecule has 0 saturated heterocycles. The van der Waals surface area contributed by atoms with Crippen molar-refractivity contribution in [1.29, 1.82) is 0 Å². The number of carbonyl (C=O) groups is 1.